The van der Waals surface area contributed by atoms with Crippen molar-refractivity contribution in [2.24, 2.45) is 16.2 Å². The third kappa shape index (κ3) is 7.50. The van der Waals surface area contributed by atoms with Gasteiger partial charge in [0.2, 0.25) is 0 Å². The van der Waals surface area contributed by atoms with E-state index in [9.17, 15) is 19.2 Å². The number of ketones is 3. The molecule has 0 N–H and O–H groups in total. The molecule has 0 aliphatic heterocycles. The van der Waals surface area contributed by atoms with Gasteiger partial charge in [0.25, 0.3) is 0 Å². The van der Waals surface area contributed by atoms with Crippen LogP contribution in [0.1, 0.15) is 117 Å². The Morgan fingerprint density at radius 1 is 0.565 bits per heavy atom. The molecule has 4 heteroatoms. The number of carbonyl (C=O) groups excluding carboxylic acids is 4. The van der Waals surface area contributed by atoms with E-state index in [2.05, 4.69) is 6.58 Å². The van der Waals surface area contributed by atoms with Crippen molar-refractivity contribution in [3.63, 3.8) is 0 Å². The third-order valence-corrected chi connectivity index (χ3v) is 8.21. The number of Topliss-reactive ketones (excluding diaryl/α,β-unsaturated/α-hetero) is 3. The minimum Gasteiger partial charge on any atom is -0.298 e. The highest BCUT2D eigenvalue weighted by molar-refractivity contribution is 6.01. The van der Waals surface area contributed by atoms with Crippen molar-refractivity contribution in [1.82, 2.24) is 0 Å². The molecular formula is C42H48O4. The van der Waals surface area contributed by atoms with E-state index in [4.69, 9.17) is 0 Å². The Balaban J connectivity index is 2.48. The monoisotopic (exact) mass is 616 g/mol. The summed E-state index contributed by atoms with van der Waals surface area (Å²) in [4.78, 5) is 51.2. The summed E-state index contributed by atoms with van der Waals surface area (Å²) in [7, 11) is 0. The lowest BCUT2D eigenvalue weighted by molar-refractivity contribution is -0.122. The molecule has 0 saturated carbocycles. The Labute approximate surface area is 275 Å². The van der Waals surface area contributed by atoms with Crippen LogP contribution in [0, 0.1) is 16.2 Å². The van der Waals surface area contributed by atoms with Crippen LogP contribution in [0.2, 0.25) is 0 Å². The minimum absolute atomic E-state index is 0.0307. The lowest BCUT2D eigenvalue weighted by Gasteiger charge is -2.38. The summed E-state index contributed by atoms with van der Waals surface area (Å²) in [5.41, 5.74) is 3.04. The number of hydrogen-bond donors (Lipinski definition) is 0. The zero-order valence-electron chi connectivity index (χ0n) is 29.1. The summed E-state index contributed by atoms with van der Waals surface area (Å²) < 4.78 is 0. The number of rotatable bonds is 10. The fraction of sp³-hybridized carbons (Fsp3) is 0.333. The van der Waals surface area contributed by atoms with E-state index in [-0.39, 0.29) is 17.3 Å². The molecule has 0 aromatic heterocycles. The molecule has 0 atom stereocenters. The molecule has 0 bridgehead atoms. The molecule has 0 aliphatic carbocycles. The van der Waals surface area contributed by atoms with Crippen molar-refractivity contribution in [2.75, 3.05) is 0 Å². The first-order valence-electron chi connectivity index (χ1n) is 15.7. The van der Waals surface area contributed by atoms with Crippen molar-refractivity contribution < 1.29 is 19.2 Å². The molecule has 0 spiro atoms. The van der Waals surface area contributed by atoms with E-state index in [0.29, 0.717) is 22.3 Å². The van der Waals surface area contributed by atoms with E-state index in [1.807, 2.05) is 142 Å². The van der Waals surface area contributed by atoms with Gasteiger partial charge in [-0.05, 0) is 34.8 Å². The lowest BCUT2D eigenvalue weighted by atomic mass is 9.64. The quantitative estimate of drug-likeness (QED) is 0.0747. The van der Waals surface area contributed by atoms with Crippen LogP contribution in [0.5, 0.6) is 0 Å². The molecule has 0 unspecified atom stereocenters. The second kappa shape index (κ2) is 13.5. The average molecular weight is 617 g/mol. The largest absolute Gasteiger partial charge is 0.298 e. The number of hydrogen-bond acceptors (Lipinski definition) is 4. The molecule has 3 aromatic rings. The number of aldehydes is 1. The van der Waals surface area contributed by atoms with Gasteiger partial charge in [-0.25, -0.2) is 0 Å². The van der Waals surface area contributed by atoms with Gasteiger partial charge in [-0.1, -0.05) is 160 Å². The van der Waals surface area contributed by atoms with Gasteiger partial charge in [-0.15, -0.1) is 0 Å². The molecular weight excluding hydrogens is 568 g/mol. The third-order valence-electron chi connectivity index (χ3n) is 8.21. The molecule has 0 aliphatic rings. The van der Waals surface area contributed by atoms with Crippen LogP contribution in [-0.4, -0.2) is 23.6 Å². The lowest BCUT2D eigenvalue weighted by Crippen LogP contribution is -2.32. The van der Waals surface area contributed by atoms with Gasteiger partial charge in [0.1, 0.15) is 6.29 Å². The van der Waals surface area contributed by atoms with Gasteiger partial charge >= 0.3 is 0 Å². The zero-order chi connectivity index (χ0) is 34.7. The smallest absolute Gasteiger partial charge is 0.168 e. The summed E-state index contributed by atoms with van der Waals surface area (Å²) in [6, 6.07) is 22.6. The second-order valence-electron chi connectivity index (χ2n) is 15.1. The van der Waals surface area contributed by atoms with Gasteiger partial charge in [0.15, 0.2) is 17.3 Å². The molecule has 0 radical (unpaired) electrons. The molecule has 3 rings (SSSR count). The van der Waals surface area contributed by atoms with Crippen molar-refractivity contribution in [1.29, 1.82) is 0 Å². The normalized spacial score (nSPS) is 13.3. The molecule has 0 saturated heterocycles. The average Bonchev–Trinajstić information content (AvgIpc) is 3.01. The maximum atomic E-state index is 13.2. The highest BCUT2D eigenvalue weighted by Gasteiger charge is 2.40. The molecule has 0 fully saturated rings. The summed E-state index contributed by atoms with van der Waals surface area (Å²) in [6.45, 7) is 23.1. The highest BCUT2D eigenvalue weighted by atomic mass is 16.1. The number of allylic oxidation sites excluding steroid dienone is 5. The topological polar surface area (TPSA) is 68.3 Å². The predicted octanol–water partition coefficient (Wildman–Crippen LogP) is 9.96. The predicted molar refractivity (Wildman–Crippen MR) is 189 cm³/mol. The Morgan fingerprint density at radius 2 is 0.935 bits per heavy atom. The fourth-order valence-corrected chi connectivity index (χ4v) is 5.65. The summed E-state index contributed by atoms with van der Waals surface area (Å²) in [5, 5.41) is 0. The Hall–Kier alpha value is -4.44. The van der Waals surface area contributed by atoms with Crippen LogP contribution in [0.15, 0.2) is 109 Å². The van der Waals surface area contributed by atoms with Crippen LogP contribution in [-0.2, 0) is 10.2 Å². The zero-order valence-corrected chi connectivity index (χ0v) is 29.1. The van der Waals surface area contributed by atoms with Crippen LogP contribution in [0.4, 0.5) is 0 Å². The number of benzene rings is 3. The Bertz CT molecular complexity index is 1600. The van der Waals surface area contributed by atoms with E-state index in [1.54, 1.807) is 18.2 Å². The summed E-state index contributed by atoms with van der Waals surface area (Å²) >= 11 is 0. The molecule has 3 aromatic carbocycles. The minimum atomic E-state index is -0.989. The Morgan fingerprint density at radius 3 is 1.24 bits per heavy atom. The van der Waals surface area contributed by atoms with E-state index >= 15 is 0 Å². The molecule has 4 nitrogen and oxygen atoms in total. The van der Waals surface area contributed by atoms with E-state index in [1.165, 1.54) is 0 Å². The van der Waals surface area contributed by atoms with Gasteiger partial charge < -0.3 is 0 Å². The molecule has 240 valence electrons. The summed E-state index contributed by atoms with van der Waals surface area (Å²) in [5.74, 6) is 0.0933. The summed E-state index contributed by atoms with van der Waals surface area (Å²) in [6.07, 6.45) is 6.33. The second-order valence-corrected chi connectivity index (χ2v) is 15.1. The van der Waals surface area contributed by atoms with Gasteiger partial charge in [0.05, 0.1) is 5.41 Å². The standard InChI is InChI=1S/C42H48O4/c1-12-32(20-13-28(2)36(44)39(3,4)5)42(33-21-14-29(27-43)15-22-33,34-23-16-30(17-24-34)37(45)40(6,7)8)35-25-18-31(19-26-35)38(46)41(9,10)11/h12-27H,1H2,2-11H3/b28-13+,32-20+. The van der Waals surface area contributed by atoms with E-state index in [0.717, 1.165) is 28.5 Å². The van der Waals surface area contributed by atoms with Crippen LogP contribution >= 0.6 is 0 Å². The van der Waals surface area contributed by atoms with E-state index < -0.39 is 21.7 Å². The molecule has 0 heterocycles. The van der Waals surface area contributed by atoms with Crippen molar-refractivity contribution in [3.8, 4) is 0 Å². The first-order valence-corrected chi connectivity index (χ1v) is 15.7. The maximum absolute atomic E-state index is 13.2. The number of carbonyl (C=O) groups is 4. The van der Waals surface area contributed by atoms with Gasteiger partial charge in [-0.2, -0.15) is 0 Å². The molecule has 46 heavy (non-hydrogen) atoms. The first kappa shape index (κ1) is 36.0. The first-order chi connectivity index (χ1) is 21.3. The van der Waals surface area contributed by atoms with Gasteiger partial charge in [-0.3, -0.25) is 19.2 Å². The van der Waals surface area contributed by atoms with Crippen molar-refractivity contribution in [2.45, 2.75) is 74.7 Å². The van der Waals surface area contributed by atoms with Crippen molar-refractivity contribution >= 4 is 23.6 Å². The maximum Gasteiger partial charge on any atom is 0.168 e. The highest BCUT2D eigenvalue weighted by Crippen LogP contribution is 2.46. The molecule has 0 amide bonds. The SMILES string of the molecule is C=C/C(=C\C=C(/C)C(=O)C(C)(C)C)C(c1ccc(C=O)cc1)(c1ccc(C(=O)C(C)(C)C)cc1)c1ccc(C(=O)C(C)(C)C)cc1. The van der Waals surface area contributed by atoms with Crippen LogP contribution in [0.25, 0.3) is 0 Å². The Kier molecular flexibility index (Phi) is 10.6. The van der Waals surface area contributed by atoms with Crippen molar-refractivity contribution in [3.05, 3.63) is 142 Å². The fourth-order valence-electron chi connectivity index (χ4n) is 5.65. The van der Waals surface area contributed by atoms with Gasteiger partial charge in [0, 0.05) is 32.9 Å². The van der Waals surface area contributed by atoms with Crippen LogP contribution in [0.3, 0.4) is 0 Å². The van der Waals surface area contributed by atoms with Crippen LogP contribution < -0.4 is 0 Å².